The van der Waals surface area contributed by atoms with Gasteiger partial charge in [0, 0.05) is 7.11 Å². The summed E-state index contributed by atoms with van der Waals surface area (Å²) in [5.74, 6) is -0.395. The van der Waals surface area contributed by atoms with Crippen molar-refractivity contribution in [2.45, 2.75) is 6.23 Å². The van der Waals surface area contributed by atoms with Gasteiger partial charge in [0.2, 0.25) is 6.23 Å². The Bertz CT molecular complexity index is 391. The van der Waals surface area contributed by atoms with Crippen molar-refractivity contribution in [3.63, 3.8) is 0 Å². The van der Waals surface area contributed by atoms with Gasteiger partial charge in [0.15, 0.2) is 0 Å². The number of para-hydroxylation sites is 1. The molecule has 1 heterocycles. The maximum atomic E-state index is 11.7. The van der Waals surface area contributed by atoms with E-state index in [0.717, 1.165) is 4.90 Å². The molecule has 0 saturated carbocycles. The third kappa shape index (κ3) is 1.57. The van der Waals surface area contributed by atoms with E-state index < -0.39 is 18.2 Å². The molecule has 5 heteroatoms. The second kappa shape index (κ2) is 3.70. The predicted molar refractivity (Wildman–Crippen MR) is 53.3 cm³/mol. The van der Waals surface area contributed by atoms with Crippen LogP contribution in [0.15, 0.2) is 30.3 Å². The Morgan fingerprint density at radius 2 is 1.93 bits per heavy atom. The molecule has 1 fully saturated rings. The van der Waals surface area contributed by atoms with E-state index in [1.165, 1.54) is 7.11 Å². The smallest absolute Gasteiger partial charge is 0.331 e. The molecule has 0 aromatic heterocycles. The van der Waals surface area contributed by atoms with Crippen LogP contribution in [-0.4, -0.2) is 25.3 Å². The van der Waals surface area contributed by atoms with Gasteiger partial charge in [-0.2, -0.15) is 0 Å². The highest BCUT2D eigenvalue weighted by Gasteiger charge is 2.38. The average Bonchev–Trinajstić information content (AvgIpc) is 2.55. The first-order chi connectivity index (χ1) is 7.24. The number of rotatable bonds is 2. The van der Waals surface area contributed by atoms with Crippen molar-refractivity contribution < 1.29 is 14.3 Å². The van der Waals surface area contributed by atoms with Gasteiger partial charge >= 0.3 is 6.03 Å². The minimum Gasteiger partial charge on any atom is -0.353 e. The van der Waals surface area contributed by atoms with E-state index in [0.29, 0.717) is 5.69 Å². The molecule has 0 aliphatic carbocycles. The Morgan fingerprint density at radius 1 is 1.27 bits per heavy atom. The average molecular weight is 206 g/mol. The van der Waals surface area contributed by atoms with Crippen LogP contribution in [0.25, 0.3) is 0 Å². The van der Waals surface area contributed by atoms with Crippen LogP contribution in [0.1, 0.15) is 0 Å². The van der Waals surface area contributed by atoms with Crippen molar-refractivity contribution in [1.82, 2.24) is 5.32 Å². The van der Waals surface area contributed by atoms with E-state index in [1.54, 1.807) is 24.3 Å². The van der Waals surface area contributed by atoms with E-state index in [9.17, 15) is 9.59 Å². The maximum absolute atomic E-state index is 11.7. The summed E-state index contributed by atoms with van der Waals surface area (Å²) < 4.78 is 4.82. The SMILES string of the molecule is CO[C@@H]1NC(=O)N(c2ccccc2)C1=O. The third-order valence-electron chi connectivity index (χ3n) is 2.15. The minimum atomic E-state index is -0.877. The number of carbonyl (C=O) groups excluding carboxylic acids is 2. The van der Waals surface area contributed by atoms with Crippen LogP contribution in [0.4, 0.5) is 10.5 Å². The summed E-state index contributed by atoms with van der Waals surface area (Å²) in [7, 11) is 1.37. The molecule has 0 bridgehead atoms. The van der Waals surface area contributed by atoms with Crippen LogP contribution < -0.4 is 10.2 Å². The number of imide groups is 1. The molecule has 3 amide bonds. The van der Waals surface area contributed by atoms with Crippen molar-refractivity contribution in [1.29, 1.82) is 0 Å². The van der Waals surface area contributed by atoms with Crippen molar-refractivity contribution in [2.75, 3.05) is 12.0 Å². The summed E-state index contributed by atoms with van der Waals surface area (Å²) in [5.41, 5.74) is 0.541. The summed E-state index contributed by atoms with van der Waals surface area (Å²) in [6, 6.07) is 8.25. The first kappa shape index (κ1) is 9.67. The highest BCUT2D eigenvalue weighted by atomic mass is 16.5. The first-order valence-corrected chi connectivity index (χ1v) is 4.46. The molecule has 1 N–H and O–H groups in total. The molecule has 15 heavy (non-hydrogen) atoms. The highest BCUT2D eigenvalue weighted by molar-refractivity contribution is 6.20. The molecular weight excluding hydrogens is 196 g/mol. The lowest BCUT2D eigenvalue weighted by molar-refractivity contribution is -0.126. The number of ether oxygens (including phenoxy) is 1. The Hall–Kier alpha value is -1.88. The lowest BCUT2D eigenvalue weighted by atomic mass is 10.3. The number of benzene rings is 1. The van der Waals surface area contributed by atoms with Crippen LogP contribution in [0.2, 0.25) is 0 Å². The van der Waals surface area contributed by atoms with Crippen LogP contribution in [0.5, 0.6) is 0 Å². The van der Waals surface area contributed by atoms with Gasteiger partial charge in [0.05, 0.1) is 5.69 Å². The Morgan fingerprint density at radius 3 is 2.47 bits per heavy atom. The molecule has 1 saturated heterocycles. The summed E-state index contributed by atoms with van der Waals surface area (Å²) in [6.07, 6.45) is -0.877. The molecule has 1 aliphatic rings. The van der Waals surface area contributed by atoms with Crippen molar-refractivity contribution in [2.24, 2.45) is 0 Å². The Kier molecular flexibility index (Phi) is 2.39. The van der Waals surface area contributed by atoms with Crippen LogP contribution >= 0.6 is 0 Å². The summed E-state index contributed by atoms with van der Waals surface area (Å²) in [5, 5.41) is 2.42. The second-order valence-electron chi connectivity index (χ2n) is 3.07. The predicted octanol–water partition coefficient (Wildman–Crippen LogP) is 0.715. The third-order valence-corrected chi connectivity index (χ3v) is 2.15. The fourth-order valence-corrected chi connectivity index (χ4v) is 1.44. The van der Waals surface area contributed by atoms with E-state index in [-0.39, 0.29) is 0 Å². The zero-order valence-corrected chi connectivity index (χ0v) is 8.14. The number of hydrogen-bond acceptors (Lipinski definition) is 3. The molecular formula is C10H10N2O3. The van der Waals surface area contributed by atoms with Gasteiger partial charge in [0.25, 0.3) is 5.91 Å². The Balaban J connectivity index is 2.31. The fourth-order valence-electron chi connectivity index (χ4n) is 1.44. The fraction of sp³-hybridized carbons (Fsp3) is 0.200. The summed E-state index contributed by atoms with van der Waals surface area (Å²) >= 11 is 0. The molecule has 5 nitrogen and oxygen atoms in total. The number of anilines is 1. The standard InChI is InChI=1S/C10H10N2O3/c1-15-8-9(13)12(10(14)11-8)7-5-3-2-4-6-7/h2-6,8H,1H3,(H,11,14)/t8-/m0/s1. The van der Waals surface area contributed by atoms with Crippen molar-refractivity contribution in [3.8, 4) is 0 Å². The number of amides is 3. The largest absolute Gasteiger partial charge is 0.353 e. The maximum Gasteiger partial charge on any atom is 0.331 e. The monoisotopic (exact) mass is 206 g/mol. The van der Waals surface area contributed by atoms with Crippen molar-refractivity contribution in [3.05, 3.63) is 30.3 Å². The zero-order chi connectivity index (χ0) is 10.8. The van der Waals surface area contributed by atoms with E-state index in [4.69, 9.17) is 4.74 Å². The molecule has 0 unspecified atom stereocenters. The molecule has 0 spiro atoms. The van der Waals surface area contributed by atoms with E-state index in [2.05, 4.69) is 5.32 Å². The molecule has 0 radical (unpaired) electrons. The van der Waals surface area contributed by atoms with Gasteiger partial charge in [-0.15, -0.1) is 0 Å². The van der Waals surface area contributed by atoms with Gasteiger partial charge in [-0.1, -0.05) is 18.2 Å². The summed E-state index contributed by atoms with van der Waals surface area (Å²) in [4.78, 5) is 24.2. The number of carbonyl (C=O) groups is 2. The van der Waals surface area contributed by atoms with Crippen LogP contribution in [0, 0.1) is 0 Å². The topological polar surface area (TPSA) is 58.6 Å². The number of urea groups is 1. The van der Waals surface area contributed by atoms with Gasteiger partial charge in [0.1, 0.15) is 0 Å². The molecule has 1 aromatic carbocycles. The quantitative estimate of drug-likeness (QED) is 0.725. The lowest BCUT2D eigenvalue weighted by Crippen LogP contribution is -2.31. The molecule has 1 atom stereocenters. The highest BCUT2D eigenvalue weighted by Crippen LogP contribution is 2.18. The van der Waals surface area contributed by atoms with Gasteiger partial charge in [-0.05, 0) is 12.1 Å². The molecule has 1 aromatic rings. The Labute approximate surface area is 86.6 Å². The second-order valence-corrected chi connectivity index (χ2v) is 3.07. The number of hydrogen-bond donors (Lipinski definition) is 1. The normalized spacial score (nSPS) is 20.6. The molecule has 2 rings (SSSR count). The number of nitrogens with zero attached hydrogens (tertiary/aromatic N) is 1. The van der Waals surface area contributed by atoms with E-state index >= 15 is 0 Å². The van der Waals surface area contributed by atoms with Gasteiger partial charge in [-0.3, -0.25) is 4.79 Å². The van der Waals surface area contributed by atoms with Gasteiger partial charge < -0.3 is 10.1 Å². The molecule has 1 aliphatic heterocycles. The lowest BCUT2D eigenvalue weighted by Gasteiger charge is -2.11. The summed E-state index contributed by atoms with van der Waals surface area (Å²) in [6.45, 7) is 0. The van der Waals surface area contributed by atoms with Gasteiger partial charge in [-0.25, -0.2) is 9.69 Å². The number of methoxy groups -OCH3 is 1. The minimum absolute atomic E-state index is 0.395. The van der Waals surface area contributed by atoms with E-state index in [1.807, 2.05) is 6.07 Å². The molecule has 78 valence electrons. The first-order valence-electron chi connectivity index (χ1n) is 4.46. The zero-order valence-electron chi connectivity index (χ0n) is 8.14. The van der Waals surface area contributed by atoms with Crippen LogP contribution in [-0.2, 0) is 9.53 Å². The van der Waals surface area contributed by atoms with Crippen molar-refractivity contribution >= 4 is 17.6 Å². The van der Waals surface area contributed by atoms with Crippen LogP contribution in [0.3, 0.4) is 0 Å². The number of nitrogens with one attached hydrogen (secondary N) is 1.